The van der Waals surface area contributed by atoms with Gasteiger partial charge in [0.05, 0.1) is 24.7 Å². The molecule has 1 heteroatoms. The van der Waals surface area contributed by atoms with Crippen molar-refractivity contribution in [3.05, 3.63) is 18.1 Å². The van der Waals surface area contributed by atoms with Crippen LogP contribution in [0.5, 0.6) is 0 Å². The van der Waals surface area contributed by atoms with Gasteiger partial charge < -0.3 is 5.11 Å². The molecule has 1 rings (SSSR count). The fourth-order valence-corrected chi connectivity index (χ4v) is 1.13. The van der Waals surface area contributed by atoms with Crippen molar-refractivity contribution in [2.24, 2.45) is 0 Å². The Morgan fingerprint density at radius 2 is 2.56 bits per heavy atom. The van der Waals surface area contributed by atoms with E-state index in [0.717, 1.165) is 6.42 Å². The zero-order valence-electron chi connectivity index (χ0n) is 5.64. The first kappa shape index (κ1) is 6.69. The zero-order valence-corrected chi connectivity index (χ0v) is 5.64. The molecule has 0 saturated carbocycles. The molecule has 0 atom stereocenters. The highest BCUT2D eigenvalue weighted by atomic mass is 16.2. The molecule has 1 aliphatic rings. The highest BCUT2D eigenvalue weighted by Crippen LogP contribution is 2.18. The third kappa shape index (κ3) is 2.10. The Morgan fingerprint density at radius 1 is 1.67 bits per heavy atom. The van der Waals surface area contributed by atoms with Crippen molar-refractivity contribution >= 4 is 0 Å². The van der Waals surface area contributed by atoms with Crippen LogP contribution in [0, 0.1) is 6.42 Å². The molecule has 9 heavy (non-hydrogen) atoms. The fourth-order valence-electron chi connectivity index (χ4n) is 1.13. The van der Waals surface area contributed by atoms with Crippen LogP contribution in [0.25, 0.3) is 0 Å². The Bertz CT molecular complexity index is 105. The lowest BCUT2D eigenvalue weighted by Gasteiger charge is -2.01. The van der Waals surface area contributed by atoms with E-state index < -0.39 is 0 Å². The van der Waals surface area contributed by atoms with Gasteiger partial charge in [0.1, 0.15) is 0 Å². The molecule has 0 fully saturated rings. The van der Waals surface area contributed by atoms with E-state index in [1.54, 1.807) is 0 Å². The number of allylic oxidation sites excluding steroid dienone is 1. The van der Waals surface area contributed by atoms with Crippen LogP contribution in [-0.2, 0) is 0 Å². The van der Waals surface area contributed by atoms with Crippen molar-refractivity contribution in [2.75, 3.05) is 6.61 Å². The standard InChI is InChI=1S/C8H13O/c9-7-6-8-4-2-1-3-5-8/h2,4,9H,1,3,5-7H2/q+1. The largest absolute Gasteiger partial charge is 0.394 e. The number of aliphatic hydroxyl groups excluding tert-OH is 1. The topological polar surface area (TPSA) is 20.2 Å². The summed E-state index contributed by atoms with van der Waals surface area (Å²) >= 11 is 0. The Hall–Kier alpha value is -0.430. The summed E-state index contributed by atoms with van der Waals surface area (Å²) < 4.78 is 0. The molecule has 0 unspecified atom stereocenters. The number of aliphatic hydroxyl groups is 1. The van der Waals surface area contributed by atoms with Gasteiger partial charge in [0, 0.05) is 19.3 Å². The van der Waals surface area contributed by atoms with Crippen molar-refractivity contribution in [1.29, 1.82) is 0 Å². The van der Waals surface area contributed by atoms with Crippen LogP contribution in [0.4, 0.5) is 0 Å². The monoisotopic (exact) mass is 125 g/mol. The minimum atomic E-state index is 0.305. The minimum absolute atomic E-state index is 0.305. The lowest BCUT2D eigenvalue weighted by atomic mass is 9.98. The lowest BCUT2D eigenvalue weighted by molar-refractivity contribution is 0.297. The highest BCUT2D eigenvalue weighted by Gasteiger charge is 2.09. The molecule has 0 saturated heterocycles. The summed E-state index contributed by atoms with van der Waals surface area (Å²) in [6.07, 6.45) is 8.89. The average molecular weight is 125 g/mol. The summed E-state index contributed by atoms with van der Waals surface area (Å²) in [5, 5.41) is 8.56. The average Bonchev–Trinajstić information content (AvgIpc) is 1.91. The van der Waals surface area contributed by atoms with Gasteiger partial charge in [-0.05, 0) is 6.42 Å². The van der Waals surface area contributed by atoms with Crippen LogP contribution in [0.15, 0.2) is 11.6 Å². The second kappa shape index (κ2) is 3.57. The van der Waals surface area contributed by atoms with Gasteiger partial charge in [0.25, 0.3) is 0 Å². The van der Waals surface area contributed by atoms with E-state index in [1.165, 1.54) is 24.8 Å². The smallest absolute Gasteiger partial charge is 0.0922 e. The third-order valence-electron chi connectivity index (χ3n) is 1.66. The van der Waals surface area contributed by atoms with Crippen LogP contribution in [-0.4, -0.2) is 11.7 Å². The first-order valence-corrected chi connectivity index (χ1v) is 3.55. The Morgan fingerprint density at radius 3 is 3.11 bits per heavy atom. The van der Waals surface area contributed by atoms with E-state index >= 15 is 0 Å². The normalized spacial score (nSPS) is 18.6. The highest BCUT2D eigenvalue weighted by molar-refractivity contribution is 5.11. The van der Waals surface area contributed by atoms with E-state index in [1.807, 2.05) is 0 Å². The SMILES string of the molecule is OCCC1=C[CH+]CCC1. The van der Waals surface area contributed by atoms with Crippen molar-refractivity contribution in [3.63, 3.8) is 0 Å². The first-order valence-electron chi connectivity index (χ1n) is 3.55. The van der Waals surface area contributed by atoms with Crippen molar-refractivity contribution < 1.29 is 5.11 Å². The summed E-state index contributed by atoms with van der Waals surface area (Å²) in [5.41, 5.74) is 1.41. The van der Waals surface area contributed by atoms with Gasteiger partial charge in [-0.3, -0.25) is 0 Å². The van der Waals surface area contributed by atoms with Gasteiger partial charge in [-0.2, -0.15) is 0 Å². The Balaban J connectivity index is 2.28. The summed E-state index contributed by atoms with van der Waals surface area (Å²) in [6, 6.07) is 0. The van der Waals surface area contributed by atoms with E-state index in [4.69, 9.17) is 5.11 Å². The molecule has 0 bridgehead atoms. The Labute approximate surface area is 56.4 Å². The predicted molar refractivity (Wildman–Crippen MR) is 37.9 cm³/mol. The number of hydrogen-bond donors (Lipinski definition) is 1. The molecule has 0 amide bonds. The van der Waals surface area contributed by atoms with Gasteiger partial charge in [-0.25, -0.2) is 0 Å². The summed E-state index contributed by atoms with van der Waals surface area (Å²) in [5.74, 6) is 0. The first-order chi connectivity index (χ1) is 4.43. The van der Waals surface area contributed by atoms with Gasteiger partial charge >= 0.3 is 0 Å². The summed E-state index contributed by atoms with van der Waals surface area (Å²) in [4.78, 5) is 0. The minimum Gasteiger partial charge on any atom is -0.394 e. The fraction of sp³-hybridized carbons (Fsp3) is 0.625. The Kier molecular flexibility index (Phi) is 2.65. The molecular weight excluding hydrogens is 112 g/mol. The molecule has 0 spiro atoms. The number of hydrogen-bond acceptors (Lipinski definition) is 1. The lowest BCUT2D eigenvalue weighted by Crippen LogP contribution is -1.94. The maximum atomic E-state index is 8.56. The molecule has 0 aromatic heterocycles. The molecule has 1 nitrogen and oxygen atoms in total. The maximum Gasteiger partial charge on any atom is 0.0922 e. The molecular formula is C8H13O+. The van der Waals surface area contributed by atoms with Gasteiger partial charge in [0.2, 0.25) is 0 Å². The molecule has 1 aliphatic carbocycles. The van der Waals surface area contributed by atoms with E-state index in [-0.39, 0.29) is 0 Å². The van der Waals surface area contributed by atoms with Crippen molar-refractivity contribution in [2.45, 2.75) is 25.7 Å². The number of rotatable bonds is 2. The van der Waals surface area contributed by atoms with Crippen LogP contribution in [0.1, 0.15) is 25.7 Å². The molecule has 0 aliphatic heterocycles. The van der Waals surface area contributed by atoms with Crippen LogP contribution in [0.2, 0.25) is 0 Å². The van der Waals surface area contributed by atoms with E-state index in [9.17, 15) is 0 Å². The predicted octanol–water partition coefficient (Wildman–Crippen LogP) is 1.68. The van der Waals surface area contributed by atoms with Gasteiger partial charge in [-0.1, -0.05) is 0 Å². The molecule has 0 radical (unpaired) electrons. The maximum absolute atomic E-state index is 8.56. The molecule has 50 valence electrons. The summed E-state index contributed by atoms with van der Waals surface area (Å²) in [6.45, 7) is 0.305. The van der Waals surface area contributed by atoms with Crippen LogP contribution < -0.4 is 0 Å². The van der Waals surface area contributed by atoms with Crippen molar-refractivity contribution in [3.8, 4) is 0 Å². The second-order valence-electron chi connectivity index (χ2n) is 2.43. The van der Waals surface area contributed by atoms with E-state index in [2.05, 4.69) is 12.5 Å². The van der Waals surface area contributed by atoms with E-state index in [0.29, 0.717) is 6.61 Å². The third-order valence-corrected chi connectivity index (χ3v) is 1.66. The second-order valence-corrected chi connectivity index (χ2v) is 2.43. The van der Waals surface area contributed by atoms with Gasteiger partial charge in [0.15, 0.2) is 0 Å². The molecule has 1 N–H and O–H groups in total. The van der Waals surface area contributed by atoms with Crippen LogP contribution in [0.3, 0.4) is 0 Å². The van der Waals surface area contributed by atoms with Crippen LogP contribution >= 0.6 is 0 Å². The molecule has 0 heterocycles. The zero-order chi connectivity index (χ0) is 6.53. The van der Waals surface area contributed by atoms with Crippen molar-refractivity contribution in [1.82, 2.24) is 0 Å². The molecule has 0 aromatic carbocycles. The summed E-state index contributed by atoms with van der Waals surface area (Å²) in [7, 11) is 0. The van der Waals surface area contributed by atoms with Gasteiger partial charge in [-0.15, -0.1) is 0 Å². The quantitative estimate of drug-likeness (QED) is 0.557. The molecule has 0 aromatic rings.